The summed E-state index contributed by atoms with van der Waals surface area (Å²) in [5.41, 5.74) is 0. The van der Waals surface area contributed by atoms with Crippen LogP contribution in [0.4, 0.5) is 5.82 Å². The maximum atomic E-state index is 5.83. The highest BCUT2D eigenvalue weighted by Gasteiger charge is 2.25. The van der Waals surface area contributed by atoms with Gasteiger partial charge in [0.15, 0.2) is 0 Å². The van der Waals surface area contributed by atoms with Crippen LogP contribution in [0.2, 0.25) is 0 Å². The summed E-state index contributed by atoms with van der Waals surface area (Å²) in [5, 5.41) is 6.20. The van der Waals surface area contributed by atoms with Crippen LogP contribution in [0.3, 0.4) is 0 Å². The second-order valence-electron chi connectivity index (χ2n) is 4.51. The van der Waals surface area contributed by atoms with Gasteiger partial charge in [-0.05, 0) is 11.4 Å². The van der Waals surface area contributed by atoms with Gasteiger partial charge in [-0.2, -0.15) is 0 Å². The van der Waals surface area contributed by atoms with Crippen LogP contribution in [0.5, 0.6) is 0 Å². The lowest BCUT2D eigenvalue weighted by atomic mass is 10.2. The molecule has 3 aromatic rings. The number of thiophene rings is 1. The molecular weight excluding hydrogens is 292 g/mol. The number of aromatic nitrogens is 3. The van der Waals surface area contributed by atoms with Gasteiger partial charge in [0.2, 0.25) is 0 Å². The van der Waals surface area contributed by atoms with Crippen LogP contribution in [-0.2, 0) is 4.74 Å². The van der Waals surface area contributed by atoms with E-state index in [9.17, 15) is 0 Å². The van der Waals surface area contributed by atoms with Gasteiger partial charge < -0.3 is 9.64 Å². The number of thiazole rings is 1. The fourth-order valence-corrected chi connectivity index (χ4v) is 3.82. The van der Waals surface area contributed by atoms with Crippen molar-refractivity contribution in [2.45, 2.75) is 6.10 Å². The van der Waals surface area contributed by atoms with Crippen molar-refractivity contribution in [3.05, 3.63) is 34.4 Å². The van der Waals surface area contributed by atoms with Crippen molar-refractivity contribution in [2.24, 2.45) is 0 Å². The number of ether oxygens (including phenoxy) is 1. The van der Waals surface area contributed by atoms with Crippen LogP contribution in [0.1, 0.15) is 11.1 Å². The Morgan fingerprint density at radius 1 is 1.20 bits per heavy atom. The van der Waals surface area contributed by atoms with Crippen LogP contribution in [0, 0.1) is 0 Å². The molecule has 1 atom stereocenters. The first-order valence-electron chi connectivity index (χ1n) is 6.36. The molecule has 5 nitrogen and oxygen atoms in total. The third-order valence-corrected chi connectivity index (χ3v) is 5.02. The third kappa shape index (κ3) is 2.07. The number of morpholine rings is 1. The minimum absolute atomic E-state index is 0.0346. The zero-order valence-electron chi connectivity index (χ0n) is 10.6. The van der Waals surface area contributed by atoms with Crippen LogP contribution in [0.15, 0.2) is 29.4 Å². The van der Waals surface area contributed by atoms with Crippen molar-refractivity contribution < 1.29 is 4.74 Å². The van der Waals surface area contributed by atoms with Gasteiger partial charge in [0.1, 0.15) is 28.1 Å². The van der Waals surface area contributed by atoms with E-state index in [4.69, 9.17) is 4.74 Å². The quantitative estimate of drug-likeness (QED) is 0.728. The van der Waals surface area contributed by atoms with Gasteiger partial charge in [0, 0.05) is 18.1 Å². The standard InChI is InChI=1S/C13H12N4OS2/c1-5-19-12-9(1)11(15-8-16-12)17-3-4-18-10(7-17)13-14-2-6-20-13/h1-2,5-6,8,10H,3-4,7H2/t10-/m0/s1. The monoisotopic (exact) mass is 304 g/mol. The summed E-state index contributed by atoms with van der Waals surface area (Å²) in [6, 6.07) is 2.09. The fraction of sp³-hybridized carbons (Fsp3) is 0.308. The molecule has 0 spiro atoms. The van der Waals surface area contributed by atoms with Crippen LogP contribution in [-0.4, -0.2) is 34.6 Å². The molecule has 0 aliphatic carbocycles. The highest BCUT2D eigenvalue weighted by Crippen LogP contribution is 2.31. The Morgan fingerprint density at radius 3 is 3.10 bits per heavy atom. The second kappa shape index (κ2) is 5.08. The third-order valence-electron chi connectivity index (χ3n) is 3.33. The number of anilines is 1. The van der Waals surface area contributed by atoms with Crippen molar-refractivity contribution in [1.82, 2.24) is 15.0 Å². The summed E-state index contributed by atoms with van der Waals surface area (Å²) in [6.07, 6.45) is 3.50. The minimum Gasteiger partial charge on any atom is -0.367 e. The Morgan fingerprint density at radius 2 is 2.20 bits per heavy atom. The van der Waals surface area contributed by atoms with E-state index in [0.717, 1.165) is 34.1 Å². The predicted octanol–water partition coefficient (Wildman–Crippen LogP) is 2.73. The van der Waals surface area contributed by atoms with Crippen molar-refractivity contribution in [3.8, 4) is 0 Å². The first-order chi connectivity index (χ1) is 9.92. The Hall–Kier alpha value is -1.57. The van der Waals surface area contributed by atoms with E-state index < -0.39 is 0 Å². The molecule has 7 heteroatoms. The molecule has 1 aliphatic heterocycles. The van der Waals surface area contributed by atoms with Crippen molar-refractivity contribution in [1.29, 1.82) is 0 Å². The summed E-state index contributed by atoms with van der Waals surface area (Å²) >= 11 is 3.28. The first-order valence-corrected chi connectivity index (χ1v) is 8.12. The van der Waals surface area contributed by atoms with E-state index in [1.807, 2.05) is 11.6 Å². The summed E-state index contributed by atoms with van der Waals surface area (Å²) in [6.45, 7) is 2.33. The van der Waals surface area contributed by atoms with Crippen LogP contribution >= 0.6 is 22.7 Å². The molecule has 1 aliphatic rings. The molecule has 0 saturated carbocycles. The molecule has 3 aromatic heterocycles. The molecule has 4 rings (SSSR count). The zero-order valence-corrected chi connectivity index (χ0v) is 12.2. The molecule has 0 radical (unpaired) electrons. The highest BCUT2D eigenvalue weighted by molar-refractivity contribution is 7.16. The van der Waals surface area contributed by atoms with E-state index >= 15 is 0 Å². The zero-order chi connectivity index (χ0) is 13.4. The van der Waals surface area contributed by atoms with Crippen LogP contribution in [0.25, 0.3) is 10.2 Å². The molecule has 0 unspecified atom stereocenters. The Kier molecular flexibility index (Phi) is 3.10. The summed E-state index contributed by atoms with van der Waals surface area (Å²) in [5.74, 6) is 1.00. The van der Waals surface area contributed by atoms with Crippen LogP contribution < -0.4 is 4.90 Å². The lowest BCUT2D eigenvalue weighted by molar-refractivity contribution is 0.0395. The summed E-state index contributed by atoms with van der Waals surface area (Å²) in [4.78, 5) is 16.4. The molecule has 102 valence electrons. The van der Waals surface area contributed by atoms with Crippen molar-refractivity contribution >= 4 is 38.7 Å². The molecule has 0 bridgehead atoms. The van der Waals surface area contributed by atoms with Gasteiger partial charge in [-0.15, -0.1) is 22.7 Å². The lowest BCUT2D eigenvalue weighted by Gasteiger charge is -2.33. The molecule has 4 heterocycles. The fourth-order valence-electron chi connectivity index (χ4n) is 2.41. The smallest absolute Gasteiger partial charge is 0.140 e. The van der Waals surface area contributed by atoms with Crippen molar-refractivity contribution in [3.63, 3.8) is 0 Å². The summed E-state index contributed by atoms with van der Waals surface area (Å²) in [7, 11) is 0. The molecule has 20 heavy (non-hydrogen) atoms. The van der Waals surface area contributed by atoms with E-state index in [-0.39, 0.29) is 6.10 Å². The topological polar surface area (TPSA) is 51.1 Å². The maximum absolute atomic E-state index is 5.83. The minimum atomic E-state index is 0.0346. The highest BCUT2D eigenvalue weighted by atomic mass is 32.1. The SMILES string of the molecule is c1csc([C@@H]2CN(c3ncnc4sccc34)CCO2)n1. The second-order valence-corrected chi connectivity index (χ2v) is 6.33. The Labute approximate surface area is 123 Å². The van der Waals surface area contributed by atoms with Gasteiger partial charge in [-0.1, -0.05) is 0 Å². The number of nitrogens with zero attached hydrogens (tertiary/aromatic N) is 4. The van der Waals surface area contributed by atoms with Gasteiger partial charge in [-0.25, -0.2) is 15.0 Å². The summed E-state index contributed by atoms with van der Waals surface area (Å²) < 4.78 is 5.83. The number of rotatable bonds is 2. The maximum Gasteiger partial charge on any atom is 0.140 e. The average molecular weight is 304 g/mol. The van der Waals surface area contributed by atoms with E-state index in [2.05, 4.69) is 31.3 Å². The number of fused-ring (bicyclic) bond motifs is 1. The van der Waals surface area contributed by atoms with E-state index in [0.29, 0.717) is 6.61 Å². The predicted molar refractivity (Wildman–Crippen MR) is 80.4 cm³/mol. The molecule has 0 amide bonds. The first kappa shape index (κ1) is 12.2. The Balaban J connectivity index is 1.66. The van der Waals surface area contributed by atoms with Gasteiger partial charge in [-0.3, -0.25) is 0 Å². The number of hydrogen-bond acceptors (Lipinski definition) is 7. The van der Waals surface area contributed by atoms with Gasteiger partial charge in [0.05, 0.1) is 18.5 Å². The molecule has 0 N–H and O–H groups in total. The molecule has 1 fully saturated rings. The average Bonchev–Trinajstić information content (AvgIpc) is 3.18. The molecule has 0 aromatic carbocycles. The lowest BCUT2D eigenvalue weighted by Crippen LogP contribution is -2.38. The largest absolute Gasteiger partial charge is 0.367 e. The van der Waals surface area contributed by atoms with E-state index in [1.165, 1.54) is 0 Å². The van der Waals surface area contributed by atoms with E-state index in [1.54, 1.807) is 29.0 Å². The number of hydrogen-bond donors (Lipinski definition) is 0. The molecule has 1 saturated heterocycles. The Bertz CT molecular complexity index is 712. The van der Waals surface area contributed by atoms with Gasteiger partial charge >= 0.3 is 0 Å². The molecular formula is C13H12N4OS2. The normalized spacial score (nSPS) is 19.6. The van der Waals surface area contributed by atoms with Gasteiger partial charge in [0.25, 0.3) is 0 Å². The van der Waals surface area contributed by atoms with Crippen molar-refractivity contribution in [2.75, 3.05) is 24.6 Å².